The topological polar surface area (TPSA) is 77.8 Å². The number of hydrogen-bond acceptors (Lipinski definition) is 3. The average Bonchev–Trinajstić information content (AvgIpc) is 2.10. The smallest absolute Gasteiger partial charge is 0.312 e. The highest BCUT2D eigenvalue weighted by Crippen LogP contribution is 2.50. The third kappa shape index (κ3) is 1.33. The molecule has 1 aliphatic carbocycles. The molecule has 1 saturated carbocycles. The number of carboxylic acid groups (broad SMARTS) is 1. The minimum absolute atomic E-state index is 0.730. The molecule has 1 fully saturated rings. The number of aliphatic hydroxyl groups is 2. The van der Waals surface area contributed by atoms with Crippen molar-refractivity contribution in [2.45, 2.75) is 28.5 Å². The van der Waals surface area contributed by atoms with Crippen molar-refractivity contribution in [3.8, 4) is 0 Å². The summed E-state index contributed by atoms with van der Waals surface area (Å²) < 4.78 is 25.0. The maximum absolute atomic E-state index is 13.3. The highest BCUT2D eigenvalue weighted by atomic mass is 127. The summed E-state index contributed by atoms with van der Waals surface area (Å²) in [5, 5.41) is 27.3. The summed E-state index contributed by atoms with van der Waals surface area (Å²) in [5.74, 6) is -7.10. The minimum atomic E-state index is -3.62. The summed E-state index contributed by atoms with van der Waals surface area (Å²) in [6, 6.07) is 0. The van der Waals surface area contributed by atoms with Crippen molar-refractivity contribution in [1.29, 1.82) is 0 Å². The van der Waals surface area contributed by atoms with Gasteiger partial charge in [-0.05, 0) is 6.92 Å². The second-order valence-corrected chi connectivity index (χ2v) is 4.82. The summed E-state index contributed by atoms with van der Waals surface area (Å²) >= 11 is 1.25. The summed E-state index contributed by atoms with van der Waals surface area (Å²) in [6.07, 6.45) is -1.75. The van der Waals surface area contributed by atoms with Crippen molar-refractivity contribution in [1.82, 2.24) is 0 Å². The summed E-state index contributed by atoms with van der Waals surface area (Å²) in [6.45, 7) is 0.730. The van der Waals surface area contributed by atoms with E-state index in [4.69, 9.17) is 5.11 Å². The molecular weight excluding hydrogens is 313 g/mol. The Balaban J connectivity index is 3.18. The molecule has 3 N–H and O–H groups in total. The van der Waals surface area contributed by atoms with Crippen molar-refractivity contribution < 1.29 is 28.9 Å². The number of carbonyl (C=O) groups is 1. The van der Waals surface area contributed by atoms with Gasteiger partial charge in [-0.2, -0.15) is 0 Å². The van der Waals surface area contributed by atoms with Crippen LogP contribution in [0, 0.1) is 5.92 Å². The molecular formula is C7H9F2IO4. The van der Waals surface area contributed by atoms with E-state index in [1.165, 1.54) is 22.6 Å². The lowest BCUT2D eigenvalue weighted by Gasteiger charge is -2.28. The first-order chi connectivity index (χ1) is 6.14. The van der Waals surface area contributed by atoms with Crippen LogP contribution in [0.3, 0.4) is 0 Å². The Morgan fingerprint density at radius 3 is 2.07 bits per heavy atom. The van der Waals surface area contributed by atoms with Crippen LogP contribution in [0.1, 0.15) is 6.92 Å². The average molecular weight is 322 g/mol. The molecule has 1 rings (SSSR count). The number of rotatable bonds is 1. The van der Waals surface area contributed by atoms with Gasteiger partial charge in [0.25, 0.3) is 5.92 Å². The molecule has 0 aromatic carbocycles. The van der Waals surface area contributed by atoms with E-state index in [0.717, 1.165) is 6.92 Å². The van der Waals surface area contributed by atoms with Crippen LogP contribution in [0.4, 0.5) is 8.78 Å². The fourth-order valence-corrected chi connectivity index (χ4v) is 2.63. The molecule has 0 unspecified atom stereocenters. The Hall–Kier alpha value is -0.0200. The van der Waals surface area contributed by atoms with Gasteiger partial charge in [-0.1, -0.05) is 22.6 Å². The van der Waals surface area contributed by atoms with Crippen LogP contribution in [0.2, 0.25) is 0 Å². The van der Waals surface area contributed by atoms with Crippen LogP contribution in [-0.2, 0) is 4.79 Å². The van der Waals surface area contributed by atoms with E-state index in [0.29, 0.717) is 0 Å². The first-order valence-electron chi connectivity index (χ1n) is 3.79. The molecule has 0 aromatic rings. The van der Waals surface area contributed by atoms with Crippen LogP contribution >= 0.6 is 22.6 Å². The van der Waals surface area contributed by atoms with Gasteiger partial charge >= 0.3 is 5.97 Å². The van der Waals surface area contributed by atoms with Crippen LogP contribution in [0.5, 0.6) is 0 Å². The predicted octanol–water partition coefficient (Wildman–Crippen LogP) is 0.252. The second-order valence-electron chi connectivity index (χ2n) is 3.48. The van der Waals surface area contributed by atoms with E-state index >= 15 is 0 Å². The number of alkyl halides is 3. The molecule has 0 aliphatic heterocycles. The molecule has 0 bridgehead atoms. The van der Waals surface area contributed by atoms with Gasteiger partial charge in [0.2, 0.25) is 0 Å². The molecule has 0 saturated heterocycles. The van der Waals surface area contributed by atoms with Gasteiger partial charge in [-0.15, -0.1) is 0 Å². The van der Waals surface area contributed by atoms with E-state index in [9.17, 15) is 23.8 Å². The fourth-order valence-electron chi connectivity index (χ4n) is 1.59. The van der Waals surface area contributed by atoms with E-state index in [1.54, 1.807) is 0 Å². The van der Waals surface area contributed by atoms with E-state index in [2.05, 4.69) is 0 Å². The lowest BCUT2D eigenvalue weighted by Crippen LogP contribution is -2.49. The normalized spacial score (nSPS) is 46.6. The lowest BCUT2D eigenvalue weighted by atomic mass is 9.90. The Labute approximate surface area is 92.1 Å². The maximum Gasteiger partial charge on any atom is 0.312 e. The Kier molecular flexibility index (Phi) is 2.79. The molecule has 0 heterocycles. The van der Waals surface area contributed by atoms with E-state index in [1.807, 2.05) is 0 Å². The van der Waals surface area contributed by atoms with Gasteiger partial charge < -0.3 is 15.3 Å². The Bertz CT molecular complexity index is 268. The highest BCUT2D eigenvalue weighted by Gasteiger charge is 2.70. The quantitative estimate of drug-likeness (QED) is 0.478. The summed E-state index contributed by atoms with van der Waals surface area (Å²) in [7, 11) is 0. The minimum Gasteiger partial charge on any atom is -0.481 e. The largest absolute Gasteiger partial charge is 0.481 e. The number of aliphatic hydroxyl groups excluding tert-OH is 1. The molecule has 0 spiro atoms. The molecule has 1 aliphatic rings. The Morgan fingerprint density at radius 2 is 1.93 bits per heavy atom. The van der Waals surface area contributed by atoms with Gasteiger partial charge in [0, 0.05) is 0 Å². The number of carboxylic acids is 1. The number of halogens is 3. The van der Waals surface area contributed by atoms with Gasteiger partial charge in [-0.25, -0.2) is 8.78 Å². The van der Waals surface area contributed by atoms with Crippen molar-refractivity contribution in [2.24, 2.45) is 5.92 Å². The molecule has 4 nitrogen and oxygen atoms in total. The van der Waals surface area contributed by atoms with E-state index in [-0.39, 0.29) is 0 Å². The monoisotopic (exact) mass is 322 g/mol. The first-order valence-corrected chi connectivity index (χ1v) is 5.03. The first kappa shape index (κ1) is 12.1. The molecule has 0 aromatic heterocycles. The number of hydrogen-bond donors (Lipinski definition) is 3. The van der Waals surface area contributed by atoms with Gasteiger partial charge in [0.1, 0.15) is 15.4 Å². The van der Waals surface area contributed by atoms with Gasteiger partial charge in [-0.3, -0.25) is 4.79 Å². The highest BCUT2D eigenvalue weighted by molar-refractivity contribution is 14.1. The van der Waals surface area contributed by atoms with Crippen molar-refractivity contribution in [2.75, 3.05) is 0 Å². The van der Waals surface area contributed by atoms with Crippen molar-refractivity contribution in [3.63, 3.8) is 0 Å². The van der Waals surface area contributed by atoms with Gasteiger partial charge in [0.05, 0.1) is 6.10 Å². The zero-order valence-corrected chi connectivity index (χ0v) is 9.27. The van der Waals surface area contributed by atoms with Crippen molar-refractivity contribution >= 4 is 28.6 Å². The SMILES string of the molecule is C[C@@]1(O)[C@H](C(=O)O)[C@H](O)[C@@H](I)C1(F)F. The molecule has 4 atom stereocenters. The fraction of sp³-hybridized carbons (Fsp3) is 0.857. The second kappa shape index (κ2) is 3.24. The third-order valence-corrected chi connectivity index (χ3v) is 4.05. The number of aliphatic carboxylic acids is 1. The van der Waals surface area contributed by atoms with Gasteiger partial charge in [0.15, 0.2) is 0 Å². The van der Waals surface area contributed by atoms with E-state index < -0.39 is 33.4 Å². The maximum atomic E-state index is 13.3. The summed E-state index contributed by atoms with van der Waals surface area (Å²) in [5.41, 5.74) is -2.72. The Morgan fingerprint density at radius 1 is 1.50 bits per heavy atom. The molecule has 82 valence electrons. The van der Waals surface area contributed by atoms with Crippen LogP contribution < -0.4 is 0 Å². The van der Waals surface area contributed by atoms with Crippen LogP contribution in [-0.4, -0.2) is 42.8 Å². The van der Waals surface area contributed by atoms with Crippen molar-refractivity contribution in [3.05, 3.63) is 0 Å². The predicted molar refractivity (Wildman–Crippen MR) is 50.5 cm³/mol. The molecule has 0 radical (unpaired) electrons. The zero-order valence-electron chi connectivity index (χ0n) is 7.12. The standard InChI is InChI=1S/C7H9F2IO4/c1-6(14)2(5(12)13)3(11)4(10)7(6,8)9/h2-4,11,14H,1H3,(H,12,13)/t2-,3-,4+,6+/m0/s1. The third-order valence-electron chi connectivity index (χ3n) is 2.53. The molecule has 0 amide bonds. The summed E-state index contributed by atoms with van der Waals surface area (Å²) in [4.78, 5) is 10.6. The van der Waals surface area contributed by atoms with Crippen LogP contribution in [0.15, 0.2) is 0 Å². The lowest BCUT2D eigenvalue weighted by molar-refractivity contribution is -0.180. The van der Waals surface area contributed by atoms with Crippen LogP contribution in [0.25, 0.3) is 0 Å². The zero-order chi connectivity index (χ0) is 11.3. The molecule has 7 heteroatoms. The molecule has 14 heavy (non-hydrogen) atoms.